The molecule has 2 nitrogen and oxygen atoms in total. The lowest BCUT2D eigenvalue weighted by atomic mass is 10.1. The number of aromatic nitrogens is 2. The lowest BCUT2D eigenvalue weighted by molar-refractivity contribution is -0.704. The fourth-order valence-corrected chi connectivity index (χ4v) is 3.14. The monoisotopic (exact) mass is 307 g/mol. The van der Waals surface area contributed by atoms with Gasteiger partial charge in [0.05, 0.1) is 13.1 Å². The van der Waals surface area contributed by atoms with Crippen molar-refractivity contribution in [1.29, 1.82) is 0 Å². The quantitative estimate of drug-likeness (QED) is 0.309. The first kappa shape index (κ1) is 19.3. The Bertz CT molecular complexity index is 338. The highest BCUT2D eigenvalue weighted by molar-refractivity contribution is 4.84. The van der Waals surface area contributed by atoms with Gasteiger partial charge in [-0.15, -0.1) is 0 Å². The number of nitrogens with zero attached hydrogens (tertiary/aromatic N) is 2. The lowest BCUT2D eigenvalue weighted by Gasteiger charge is -2.06. The van der Waals surface area contributed by atoms with E-state index in [2.05, 4.69) is 42.3 Å². The van der Waals surface area contributed by atoms with Crippen LogP contribution in [0.25, 0.3) is 0 Å². The molecule has 0 saturated heterocycles. The third-order valence-electron chi connectivity index (χ3n) is 4.60. The Hall–Kier alpha value is -0.790. The highest BCUT2D eigenvalue weighted by Crippen LogP contribution is 2.08. The molecule has 0 fully saturated rings. The summed E-state index contributed by atoms with van der Waals surface area (Å²) >= 11 is 0. The van der Waals surface area contributed by atoms with Crippen LogP contribution in [0.4, 0.5) is 0 Å². The van der Waals surface area contributed by atoms with Gasteiger partial charge in [0.25, 0.3) is 5.82 Å². The molecule has 1 aromatic rings. The van der Waals surface area contributed by atoms with E-state index in [1.807, 2.05) is 0 Å². The number of unbranched alkanes of at least 4 members (excludes halogenated alkanes) is 8. The van der Waals surface area contributed by atoms with Crippen LogP contribution >= 0.6 is 0 Å². The molecule has 0 aromatic carbocycles. The molecule has 0 unspecified atom stereocenters. The smallest absolute Gasteiger partial charge is 0.234 e. The van der Waals surface area contributed by atoms with Crippen LogP contribution in [0.1, 0.15) is 97.2 Å². The Labute approximate surface area is 138 Å². The minimum Gasteiger partial charge on any atom is -0.234 e. The van der Waals surface area contributed by atoms with Gasteiger partial charge in [-0.1, -0.05) is 59.3 Å². The predicted molar refractivity (Wildman–Crippen MR) is 96.1 cm³/mol. The SMILES string of the molecule is CCCCCCn1cc[n+](CCCCCC)c1CCCCC. The molecule has 1 heterocycles. The van der Waals surface area contributed by atoms with E-state index in [1.54, 1.807) is 5.82 Å². The summed E-state index contributed by atoms with van der Waals surface area (Å²) in [5.41, 5.74) is 0. The summed E-state index contributed by atoms with van der Waals surface area (Å²) in [6.07, 6.45) is 20.7. The van der Waals surface area contributed by atoms with Crippen molar-refractivity contribution in [1.82, 2.24) is 4.57 Å². The Morgan fingerprint density at radius 1 is 0.773 bits per heavy atom. The van der Waals surface area contributed by atoms with Gasteiger partial charge in [-0.25, -0.2) is 9.13 Å². The van der Waals surface area contributed by atoms with Crippen molar-refractivity contribution in [2.45, 2.75) is 111 Å². The number of hydrogen-bond donors (Lipinski definition) is 0. The van der Waals surface area contributed by atoms with Gasteiger partial charge in [0.15, 0.2) is 0 Å². The number of aryl methyl sites for hydroxylation is 2. The van der Waals surface area contributed by atoms with Crippen molar-refractivity contribution in [3.63, 3.8) is 0 Å². The average Bonchev–Trinajstić information content (AvgIpc) is 2.91. The molecule has 0 spiro atoms. The molecule has 0 radical (unpaired) electrons. The second-order valence-corrected chi connectivity index (χ2v) is 6.68. The van der Waals surface area contributed by atoms with Gasteiger partial charge in [-0.05, 0) is 32.1 Å². The second-order valence-electron chi connectivity index (χ2n) is 6.68. The molecule has 1 rings (SSSR count). The number of rotatable bonds is 14. The highest BCUT2D eigenvalue weighted by atomic mass is 15.1. The van der Waals surface area contributed by atoms with E-state index in [0.29, 0.717) is 0 Å². The van der Waals surface area contributed by atoms with Crippen LogP contribution in [-0.2, 0) is 19.5 Å². The Morgan fingerprint density at radius 2 is 1.41 bits per heavy atom. The number of hydrogen-bond acceptors (Lipinski definition) is 0. The zero-order valence-electron chi connectivity index (χ0n) is 15.4. The minimum absolute atomic E-state index is 1.21. The first-order chi connectivity index (χ1) is 10.8. The van der Waals surface area contributed by atoms with Crippen LogP contribution in [-0.4, -0.2) is 4.57 Å². The molecule has 0 N–H and O–H groups in total. The lowest BCUT2D eigenvalue weighted by Crippen LogP contribution is -2.37. The Morgan fingerprint density at radius 3 is 2.09 bits per heavy atom. The maximum atomic E-state index is 2.53. The predicted octanol–water partition coefficient (Wildman–Crippen LogP) is 5.67. The second kappa shape index (κ2) is 12.7. The van der Waals surface area contributed by atoms with Crippen LogP contribution in [0, 0.1) is 0 Å². The van der Waals surface area contributed by atoms with Gasteiger partial charge in [0, 0.05) is 6.42 Å². The molecule has 0 aliphatic rings. The third kappa shape index (κ3) is 7.47. The van der Waals surface area contributed by atoms with Gasteiger partial charge in [-0.3, -0.25) is 0 Å². The molecule has 0 amide bonds. The summed E-state index contributed by atoms with van der Waals surface area (Å²) in [7, 11) is 0. The highest BCUT2D eigenvalue weighted by Gasteiger charge is 2.16. The van der Waals surface area contributed by atoms with Gasteiger partial charge in [0.2, 0.25) is 0 Å². The molecular formula is C20H39N2+. The van der Waals surface area contributed by atoms with Crippen molar-refractivity contribution < 1.29 is 4.57 Å². The van der Waals surface area contributed by atoms with E-state index in [1.165, 1.54) is 90.1 Å². The Balaban J connectivity index is 2.54. The van der Waals surface area contributed by atoms with Crippen LogP contribution in [0.15, 0.2) is 12.4 Å². The van der Waals surface area contributed by atoms with Gasteiger partial charge in [-0.2, -0.15) is 0 Å². The van der Waals surface area contributed by atoms with Crippen LogP contribution in [0.2, 0.25) is 0 Å². The first-order valence-electron chi connectivity index (χ1n) is 9.90. The molecule has 0 atom stereocenters. The number of imidazole rings is 1. The molecule has 2 heteroatoms. The van der Waals surface area contributed by atoms with Crippen molar-refractivity contribution in [2.75, 3.05) is 0 Å². The van der Waals surface area contributed by atoms with Gasteiger partial charge >= 0.3 is 0 Å². The van der Waals surface area contributed by atoms with E-state index in [0.717, 1.165) is 0 Å². The summed E-state index contributed by atoms with van der Waals surface area (Å²) in [6.45, 7) is 9.29. The zero-order valence-corrected chi connectivity index (χ0v) is 15.4. The van der Waals surface area contributed by atoms with Crippen molar-refractivity contribution in [2.24, 2.45) is 0 Å². The molecule has 1 aromatic heterocycles. The van der Waals surface area contributed by atoms with Crippen molar-refractivity contribution in [3.8, 4) is 0 Å². The molecule has 0 aliphatic heterocycles. The summed E-state index contributed by atoms with van der Waals surface area (Å²) in [5.74, 6) is 1.57. The van der Waals surface area contributed by atoms with Crippen LogP contribution < -0.4 is 4.57 Å². The van der Waals surface area contributed by atoms with Crippen molar-refractivity contribution in [3.05, 3.63) is 18.2 Å². The molecule has 22 heavy (non-hydrogen) atoms. The zero-order chi connectivity index (χ0) is 16.0. The third-order valence-corrected chi connectivity index (χ3v) is 4.60. The van der Waals surface area contributed by atoms with E-state index in [4.69, 9.17) is 0 Å². The molecule has 0 bridgehead atoms. The molecule has 0 aliphatic carbocycles. The van der Waals surface area contributed by atoms with E-state index >= 15 is 0 Å². The molecular weight excluding hydrogens is 268 g/mol. The standard InChI is InChI=1S/C20H39N2/c1-4-7-10-13-16-21-18-19-22(17-14-11-8-5-2)20(21)15-12-9-6-3/h18-19H,4-17H2,1-3H3/q+1. The maximum Gasteiger partial charge on any atom is 0.256 e. The van der Waals surface area contributed by atoms with Crippen LogP contribution in [0.3, 0.4) is 0 Å². The minimum atomic E-state index is 1.21. The van der Waals surface area contributed by atoms with E-state index in [-0.39, 0.29) is 0 Å². The average molecular weight is 308 g/mol. The molecule has 128 valence electrons. The summed E-state index contributed by atoms with van der Waals surface area (Å²) in [5, 5.41) is 0. The normalized spacial score (nSPS) is 11.2. The van der Waals surface area contributed by atoms with Gasteiger partial charge < -0.3 is 0 Å². The molecule has 0 saturated carbocycles. The Kier molecular flexibility index (Phi) is 11.1. The fraction of sp³-hybridized carbons (Fsp3) is 0.850. The summed E-state index contributed by atoms with van der Waals surface area (Å²) < 4.78 is 5.07. The van der Waals surface area contributed by atoms with E-state index < -0.39 is 0 Å². The van der Waals surface area contributed by atoms with Crippen LogP contribution in [0.5, 0.6) is 0 Å². The summed E-state index contributed by atoms with van der Waals surface area (Å²) in [4.78, 5) is 0. The first-order valence-corrected chi connectivity index (χ1v) is 9.90. The maximum absolute atomic E-state index is 2.53. The van der Waals surface area contributed by atoms with Gasteiger partial charge in [0.1, 0.15) is 12.4 Å². The summed E-state index contributed by atoms with van der Waals surface area (Å²) in [6, 6.07) is 0. The van der Waals surface area contributed by atoms with E-state index in [9.17, 15) is 0 Å². The largest absolute Gasteiger partial charge is 0.256 e. The topological polar surface area (TPSA) is 8.81 Å². The van der Waals surface area contributed by atoms with Crippen molar-refractivity contribution >= 4 is 0 Å². The fourth-order valence-electron chi connectivity index (χ4n) is 3.14.